The fourth-order valence-corrected chi connectivity index (χ4v) is 2.29. The highest BCUT2D eigenvalue weighted by Gasteiger charge is 2.39. The topological polar surface area (TPSA) is 18.5 Å². The van der Waals surface area contributed by atoms with E-state index in [1.165, 1.54) is 19.3 Å². The molecule has 0 bridgehead atoms. The molecule has 2 heteroatoms. The second-order valence-corrected chi connectivity index (χ2v) is 4.71. The molecule has 1 spiro atoms. The Balaban J connectivity index is 1.87. The van der Waals surface area contributed by atoms with Crippen molar-refractivity contribution < 1.29 is 9.47 Å². The van der Waals surface area contributed by atoms with E-state index in [9.17, 15) is 0 Å². The van der Waals surface area contributed by atoms with Crippen molar-refractivity contribution in [2.45, 2.75) is 44.8 Å². The van der Waals surface area contributed by atoms with E-state index in [0.29, 0.717) is 5.92 Å². The van der Waals surface area contributed by atoms with E-state index in [0.717, 1.165) is 26.1 Å². The largest absolute Gasteiger partial charge is 0.350 e. The van der Waals surface area contributed by atoms with Gasteiger partial charge in [0.05, 0.1) is 13.2 Å². The van der Waals surface area contributed by atoms with Gasteiger partial charge in [0.15, 0.2) is 5.79 Å². The van der Waals surface area contributed by atoms with Crippen molar-refractivity contribution in [3.05, 3.63) is 6.92 Å². The van der Waals surface area contributed by atoms with Gasteiger partial charge >= 0.3 is 0 Å². The Morgan fingerprint density at radius 3 is 2.21 bits per heavy atom. The van der Waals surface area contributed by atoms with E-state index >= 15 is 0 Å². The fourth-order valence-electron chi connectivity index (χ4n) is 2.29. The zero-order chi connectivity index (χ0) is 10.0. The minimum absolute atomic E-state index is 0.177. The van der Waals surface area contributed by atoms with Crippen molar-refractivity contribution in [1.29, 1.82) is 0 Å². The van der Waals surface area contributed by atoms with Crippen molar-refractivity contribution in [3.8, 4) is 0 Å². The maximum absolute atomic E-state index is 5.88. The molecule has 0 aromatic heterocycles. The van der Waals surface area contributed by atoms with E-state index in [1.807, 2.05) is 6.92 Å². The first-order valence-corrected chi connectivity index (χ1v) is 5.75. The summed E-state index contributed by atoms with van der Waals surface area (Å²) in [4.78, 5) is 0. The lowest BCUT2D eigenvalue weighted by molar-refractivity contribution is -0.298. The molecular formula is C12H20O2. The van der Waals surface area contributed by atoms with Gasteiger partial charge < -0.3 is 9.47 Å². The summed E-state index contributed by atoms with van der Waals surface area (Å²) < 4.78 is 11.8. The summed E-state index contributed by atoms with van der Waals surface area (Å²) in [6.07, 6.45) is 5.94. The summed E-state index contributed by atoms with van der Waals surface area (Å²) in [7, 11) is 0. The van der Waals surface area contributed by atoms with Crippen LogP contribution in [-0.4, -0.2) is 19.0 Å². The number of rotatable bonds is 1. The van der Waals surface area contributed by atoms with Crippen LogP contribution in [0.3, 0.4) is 0 Å². The van der Waals surface area contributed by atoms with E-state index in [2.05, 4.69) is 0 Å². The van der Waals surface area contributed by atoms with E-state index in [1.54, 1.807) is 0 Å². The first kappa shape index (κ1) is 10.4. The number of ether oxygens (including phenoxy) is 2. The van der Waals surface area contributed by atoms with E-state index in [-0.39, 0.29) is 11.7 Å². The lowest BCUT2D eigenvalue weighted by Crippen LogP contribution is -2.46. The molecule has 0 aromatic rings. The third-order valence-electron chi connectivity index (χ3n) is 3.48. The molecule has 2 rings (SSSR count). The fraction of sp³-hybridized carbons (Fsp3) is 0.917. The van der Waals surface area contributed by atoms with Gasteiger partial charge in [0.1, 0.15) is 0 Å². The van der Waals surface area contributed by atoms with Gasteiger partial charge in [0.2, 0.25) is 0 Å². The van der Waals surface area contributed by atoms with Crippen LogP contribution in [0.15, 0.2) is 0 Å². The van der Waals surface area contributed by atoms with E-state index in [4.69, 9.17) is 16.4 Å². The molecule has 1 aliphatic heterocycles. The van der Waals surface area contributed by atoms with Crippen LogP contribution in [0, 0.1) is 18.8 Å². The molecular weight excluding hydrogens is 176 g/mol. The van der Waals surface area contributed by atoms with Crippen LogP contribution in [0.4, 0.5) is 0 Å². The molecule has 1 aliphatic carbocycles. The minimum atomic E-state index is -0.232. The van der Waals surface area contributed by atoms with Gasteiger partial charge in [-0.3, -0.25) is 0 Å². The molecule has 2 nitrogen and oxygen atoms in total. The lowest BCUT2D eigenvalue weighted by atomic mass is 9.91. The maximum Gasteiger partial charge on any atom is 0.168 e. The quantitative estimate of drug-likeness (QED) is 0.642. The molecule has 1 saturated heterocycles. The Hall–Kier alpha value is -0.0800. The van der Waals surface area contributed by atoms with Gasteiger partial charge in [0.25, 0.3) is 0 Å². The minimum Gasteiger partial charge on any atom is -0.350 e. The van der Waals surface area contributed by atoms with Crippen LogP contribution in [0.1, 0.15) is 39.0 Å². The van der Waals surface area contributed by atoms with Crippen LogP contribution in [0.2, 0.25) is 0 Å². The van der Waals surface area contributed by atoms with Gasteiger partial charge in [-0.2, -0.15) is 0 Å². The van der Waals surface area contributed by atoms with Crippen molar-refractivity contribution in [2.75, 3.05) is 13.2 Å². The highest BCUT2D eigenvalue weighted by atomic mass is 16.7. The van der Waals surface area contributed by atoms with Crippen LogP contribution >= 0.6 is 0 Å². The van der Waals surface area contributed by atoms with Crippen molar-refractivity contribution in [2.24, 2.45) is 11.8 Å². The third-order valence-corrected chi connectivity index (χ3v) is 3.48. The molecule has 0 N–H and O–H groups in total. The first-order valence-electron chi connectivity index (χ1n) is 5.75. The van der Waals surface area contributed by atoms with Crippen LogP contribution in [0.25, 0.3) is 0 Å². The molecule has 1 saturated carbocycles. The van der Waals surface area contributed by atoms with Gasteiger partial charge in [-0.1, -0.05) is 13.3 Å². The van der Waals surface area contributed by atoms with Gasteiger partial charge in [0, 0.05) is 18.8 Å². The molecule has 2 aliphatic rings. The maximum atomic E-state index is 5.88. The lowest BCUT2D eigenvalue weighted by Gasteiger charge is -2.43. The SMILES string of the molecule is [CH]C(C)C1COC2(CCCCC2)OC1. The zero-order valence-corrected chi connectivity index (χ0v) is 9.00. The average molecular weight is 196 g/mol. The summed E-state index contributed by atoms with van der Waals surface area (Å²) in [5.41, 5.74) is 0. The van der Waals surface area contributed by atoms with Crippen molar-refractivity contribution in [3.63, 3.8) is 0 Å². The van der Waals surface area contributed by atoms with Crippen molar-refractivity contribution in [1.82, 2.24) is 0 Å². The van der Waals surface area contributed by atoms with E-state index < -0.39 is 0 Å². The molecule has 14 heavy (non-hydrogen) atoms. The predicted molar refractivity (Wildman–Crippen MR) is 54.7 cm³/mol. The molecule has 1 atom stereocenters. The highest BCUT2D eigenvalue weighted by Crippen LogP contribution is 2.37. The zero-order valence-electron chi connectivity index (χ0n) is 9.00. The second-order valence-electron chi connectivity index (χ2n) is 4.71. The molecule has 0 amide bonds. The molecule has 80 valence electrons. The second kappa shape index (κ2) is 4.19. The first-order chi connectivity index (χ1) is 6.72. The third kappa shape index (κ3) is 2.12. The average Bonchev–Trinajstić information content (AvgIpc) is 2.19. The predicted octanol–water partition coefficient (Wildman–Crippen LogP) is 2.66. The Morgan fingerprint density at radius 2 is 1.71 bits per heavy atom. The van der Waals surface area contributed by atoms with Crippen LogP contribution in [0.5, 0.6) is 0 Å². The molecule has 1 heterocycles. The molecule has 2 fully saturated rings. The Labute approximate surface area is 87.0 Å². The van der Waals surface area contributed by atoms with Crippen LogP contribution < -0.4 is 0 Å². The summed E-state index contributed by atoms with van der Waals surface area (Å²) in [6, 6.07) is 0. The van der Waals surface area contributed by atoms with Gasteiger partial charge in [-0.25, -0.2) is 0 Å². The smallest absolute Gasteiger partial charge is 0.168 e. The number of hydrogen-bond donors (Lipinski definition) is 0. The number of hydrogen-bond acceptors (Lipinski definition) is 2. The molecule has 0 aromatic carbocycles. The Morgan fingerprint density at radius 1 is 1.14 bits per heavy atom. The van der Waals surface area contributed by atoms with Crippen molar-refractivity contribution >= 4 is 0 Å². The summed E-state index contributed by atoms with van der Waals surface area (Å²) >= 11 is 0. The molecule has 1 unspecified atom stereocenters. The van der Waals surface area contributed by atoms with Gasteiger partial charge in [-0.15, -0.1) is 0 Å². The molecule has 2 radical (unpaired) electrons. The normalized spacial score (nSPS) is 28.5. The highest BCUT2D eigenvalue weighted by molar-refractivity contribution is 4.81. The van der Waals surface area contributed by atoms with Gasteiger partial charge in [-0.05, 0) is 25.7 Å². The summed E-state index contributed by atoms with van der Waals surface area (Å²) in [5, 5.41) is 0. The van der Waals surface area contributed by atoms with Crippen LogP contribution in [-0.2, 0) is 9.47 Å². The summed E-state index contributed by atoms with van der Waals surface area (Å²) in [5.74, 6) is 0.322. The standard InChI is InChI=1S/C12H20O2/c1-10(2)11-8-13-12(14-9-11)6-4-3-5-7-12/h1,10-11H,3-9H2,2H3. The summed E-state index contributed by atoms with van der Waals surface area (Å²) in [6.45, 7) is 9.40. The monoisotopic (exact) mass is 196 g/mol. The Kier molecular flexibility index (Phi) is 3.13. The Bertz CT molecular complexity index is 173.